The SMILES string of the molecule is COC(=O)NC(CC/C=C/C(=O)NCCO)C(=O)O. The van der Waals surface area contributed by atoms with Gasteiger partial charge in [0.25, 0.3) is 0 Å². The topological polar surface area (TPSA) is 125 Å². The third kappa shape index (κ3) is 8.61. The number of aliphatic hydroxyl groups excluding tert-OH is 1. The average molecular weight is 274 g/mol. The first kappa shape index (κ1) is 16.9. The third-order valence-electron chi connectivity index (χ3n) is 2.08. The smallest absolute Gasteiger partial charge is 0.407 e. The van der Waals surface area contributed by atoms with Crippen LogP contribution in [0.1, 0.15) is 12.8 Å². The van der Waals surface area contributed by atoms with Crippen molar-refractivity contribution >= 4 is 18.0 Å². The Morgan fingerprint density at radius 3 is 2.58 bits per heavy atom. The number of ether oxygens (including phenoxy) is 1. The number of nitrogens with one attached hydrogen (secondary N) is 2. The van der Waals surface area contributed by atoms with Gasteiger partial charge in [0.15, 0.2) is 0 Å². The maximum absolute atomic E-state index is 11.1. The van der Waals surface area contributed by atoms with Crippen LogP contribution in [0.5, 0.6) is 0 Å². The van der Waals surface area contributed by atoms with E-state index in [0.717, 1.165) is 7.11 Å². The number of carboxylic acids is 1. The lowest BCUT2D eigenvalue weighted by atomic mass is 10.1. The highest BCUT2D eigenvalue weighted by Crippen LogP contribution is 1.99. The zero-order valence-electron chi connectivity index (χ0n) is 10.6. The van der Waals surface area contributed by atoms with Crippen molar-refractivity contribution in [3.63, 3.8) is 0 Å². The minimum Gasteiger partial charge on any atom is -0.480 e. The number of aliphatic hydroxyl groups is 1. The summed E-state index contributed by atoms with van der Waals surface area (Å²) in [5, 5.41) is 21.9. The zero-order valence-corrected chi connectivity index (χ0v) is 10.6. The van der Waals surface area contributed by atoms with Crippen molar-refractivity contribution in [3.8, 4) is 0 Å². The molecule has 0 aliphatic rings. The maximum Gasteiger partial charge on any atom is 0.407 e. The molecule has 19 heavy (non-hydrogen) atoms. The number of allylic oxidation sites excluding steroid dienone is 1. The van der Waals surface area contributed by atoms with E-state index in [0.29, 0.717) is 6.42 Å². The van der Waals surface area contributed by atoms with E-state index < -0.39 is 18.1 Å². The Hall–Kier alpha value is -2.09. The number of methoxy groups -OCH3 is 1. The van der Waals surface area contributed by atoms with Crippen molar-refractivity contribution in [2.24, 2.45) is 0 Å². The Kier molecular flexibility index (Phi) is 8.80. The van der Waals surface area contributed by atoms with Gasteiger partial charge in [0.1, 0.15) is 6.04 Å². The molecule has 108 valence electrons. The van der Waals surface area contributed by atoms with E-state index >= 15 is 0 Å². The Morgan fingerprint density at radius 2 is 2.05 bits per heavy atom. The molecule has 0 aliphatic carbocycles. The number of carboxylic acid groups (broad SMARTS) is 1. The van der Waals surface area contributed by atoms with Gasteiger partial charge in [-0.25, -0.2) is 9.59 Å². The molecule has 0 fully saturated rings. The Labute approximate surface area is 110 Å². The lowest BCUT2D eigenvalue weighted by molar-refractivity contribution is -0.139. The summed E-state index contributed by atoms with van der Waals surface area (Å²) < 4.78 is 4.30. The van der Waals surface area contributed by atoms with E-state index in [4.69, 9.17) is 10.2 Å². The fourth-order valence-corrected chi connectivity index (χ4v) is 1.15. The van der Waals surface area contributed by atoms with Crippen LogP contribution in [0, 0.1) is 0 Å². The van der Waals surface area contributed by atoms with Crippen molar-refractivity contribution < 1.29 is 29.3 Å². The summed E-state index contributed by atoms with van der Waals surface area (Å²) in [5.41, 5.74) is 0. The molecule has 0 saturated carbocycles. The highest BCUT2D eigenvalue weighted by atomic mass is 16.5. The molecule has 1 atom stereocenters. The summed E-state index contributed by atoms with van der Waals surface area (Å²) in [6.45, 7) is 0.00847. The van der Waals surface area contributed by atoms with E-state index in [9.17, 15) is 14.4 Å². The fraction of sp³-hybridized carbons (Fsp3) is 0.545. The van der Waals surface area contributed by atoms with Crippen LogP contribution in [-0.4, -0.2) is 54.5 Å². The van der Waals surface area contributed by atoms with Crippen LogP contribution in [0.25, 0.3) is 0 Å². The first-order valence-corrected chi connectivity index (χ1v) is 5.63. The predicted molar refractivity (Wildman–Crippen MR) is 65.4 cm³/mol. The molecule has 0 saturated heterocycles. The summed E-state index contributed by atoms with van der Waals surface area (Å²) in [7, 11) is 1.14. The maximum atomic E-state index is 11.1. The number of hydrogen-bond donors (Lipinski definition) is 4. The van der Waals surface area contributed by atoms with Gasteiger partial charge in [-0.1, -0.05) is 6.08 Å². The number of rotatable bonds is 8. The van der Waals surface area contributed by atoms with E-state index in [1.807, 2.05) is 0 Å². The average Bonchev–Trinajstić information content (AvgIpc) is 2.39. The van der Waals surface area contributed by atoms with Gasteiger partial charge in [-0.05, 0) is 18.9 Å². The van der Waals surface area contributed by atoms with Gasteiger partial charge in [-0.15, -0.1) is 0 Å². The minimum atomic E-state index is -1.18. The molecule has 0 radical (unpaired) electrons. The van der Waals surface area contributed by atoms with E-state index in [1.165, 1.54) is 12.2 Å². The number of alkyl carbamates (subject to hydrolysis) is 1. The second-order valence-corrected chi connectivity index (χ2v) is 3.52. The summed E-state index contributed by atoms with van der Waals surface area (Å²) in [4.78, 5) is 32.8. The molecule has 0 aromatic carbocycles. The Balaban J connectivity index is 4.05. The largest absolute Gasteiger partial charge is 0.480 e. The normalized spacial score (nSPS) is 11.9. The molecule has 0 aromatic rings. The van der Waals surface area contributed by atoms with Crippen LogP contribution in [0.15, 0.2) is 12.2 Å². The molecule has 0 rings (SSSR count). The van der Waals surface area contributed by atoms with Gasteiger partial charge in [0.05, 0.1) is 13.7 Å². The molecule has 0 aromatic heterocycles. The Morgan fingerprint density at radius 1 is 1.37 bits per heavy atom. The summed E-state index contributed by atoms with van der Waals surface area (Å²) in [6.07, 6.45) is 2.34. The molecular weight excluding hydrogens is 256 g/mol. The van der Waals surface area contributed by atoms with Gasteiger partial charge in [-0.3, -0.25) is 4.79 Å². The molecular formula is C11H18N2O6. The highest BCUT2D eigenvalue weighted by molar-refractivity contribution is 5.87. The summed E-state index contributed by atoms with van der Waals surface area (Å²) in [5.74, 6) is -1.55. The van der Waals surface area contributed by atoms with Crippen LogP contribution < -0.4 is 10.6 Å². The first-order valence-electron chi connectivity index (χ1n) is 5.63. The molecule has 8 nitrogen and oxygen atoms in total. The van der Waals surface area contributed by atoms with Gasteiger partial charge < -0.3 is 25.6 Å². The van der Waals surface area contributed by atoms with E-state index in [2.05, 4.69) is 15.4 Å². The number of aliphatic carboxylic acids is 1. The van der Waals surface area contributed by atoms with Gasteiger partial charge in [0, 0.05) is 6.54 Å². The van der Waals surface area contributed by atoms with Crippen molar-refractivity contribution in [2.75, 3.05) is 20.3 Å². The minimum absolute atomic E-state index is 0.133. The highest BCUT2D eigenvalue weighted by Gasteiger charge is 2.18. The second kappa shape index (κ2) is 9.89. The van der Waals surface area contributed by atoms with Crippen molar-refractivity contribution in [3.05, 3.63) is 12.2 Å². The molecule has 2 amide bonds. The number of amides is 2. The van der Waals surface area contributed by atoms with Crippen LogP contribution >= 0.6 is 0 Å². The monoisotopic (exact) mass is 274 g/mol. The second-order valence-electron chi connectivity index (χ2n) is 3.52. The standard InChI is InChI=1S/C11H18N2O6/c1-19-11(18)13-8(10(16)17)4-2-3-5-9(15)12-6-7-14/h3,5,8,14H,2,4,6-7H2,1H3,(H,12,15)(H,13,18)(H,16,17)/b5-3+. The molecule has 0 bridgehead atoms. The van der Waals surface area contributed by atoms with Crippen molar-refractivity contribution in [1.82, 2.24) is 10.6 Å². The Bertz CT molecular complexity index is 342. The third-order valence-corrected chi connectivity index (χ3v) is 2.08. The number of hydrogen-bond acceptors (Lipinski definition) is 5. The lowest BCUT2D eigenvalue weighted by Crippen LogP contribution is -2.40. The van der Waals surface area contributed by atoms with Crippen molar-refractivity contribution in [2.45, 2.75) is 18.9 Å². The summed E-state index contributed by atoms with van der Waals surface area (Å²) >= 11 is 0. The number of carbonyl (C=O) groups excluding carboxylic acids is 2. The first-order chi connectivity index (χ1) is 9.01. The lowest BCUT2D eigenvalue weighted by Gasteiger charge is -2.11. The van der Waals surface area contributed by atoms with Crippen LogP contribution in [0.2, 0.25) is 0 Å². The summed E-state index contributed by atoms with van der Waals surface area (Å²) in [6, 6.07) is -1.07. The molecule has 0 spiro atoms. The van der Waals surface area contributed by atoms with Gasteiger partial charge >= 0.3 is 12.1 Å². The van der Waals surface area contributed by atoms with Gasteiger partial charge in [0.2, 0.25) is 5.91 Å². The quantitative estimate of drug-likeness (QED) is 0.431. The zero-order chi connectivity index (χ0) is 14.7. The molecule has 4 N–H and O–H groups in total. The van der Waals surface area contributed by atoms with E-state index in [-0.39, 0.29) is 25.5 Å². The molecule has 8 heteroatoms. The number of carbonyl (C=O) groups is 3. The van der Waals surface area contributed by atoms with Crippen LogP contribution in [0.3, 0.4) is 0 Å². The van der Waals surface area contributed by atoms with Crippen molar-refractivity contribution in [1.29, 1.82) is 0 Å². The van der Waals surface area contributed by atoms with Crippen LogP contribution in [0.4, 0.5) is 4.79 Å². The molecule has 0 aliphatic heterocycles. The fourth-order valence-electron chi connectivity index (χ4n) is 1.15. The molecule has 0 heterocycles. The molecule has 1 unspecified atom stereocenters. The predicted octanol–water partition coefficient (Wildman–Crippen LogP) is -0.759. The van der Waals surface area contributed by atoms with E-state index in [1.54, 1.807) is 0 Å². The van der Waals surface area contributed by atoms with Gasteiger partial charge in [-0.2, -0.15) is 0 Å². The van der Waals surface area contributed by atoms with Crippen LogP contribution in [-0.2, 0) is 14.3 Å².